The lowest BCUT2D eigenvalue weighted by Gasteiger charge is -2.26. The molecular weight excluding hydrogens is 233 g/mol. The summed E-state index contributed by atoms with van der Waals surface area (Å²) in [6.07, 6.45) is 3.28. The molecule has 1 aliphatic heterocycles. The van der Waals surface area contributed by atoms with Gasteiger partial charge in [0, 0.05) is 5.82 Å². The van der Waals surface area contributed by atoms with Gasteiger partial charge >= 0.3 is 13.6 Å². The van der Waals surface area contributed by atoms with Crippen LogP contribution < -0.4 is 5.32 Å². The SMILES string of the molecule is O=C(O)C1CC(C/C=C\P(=O)(O)O)CCN1. The first-order chi connectivity index (χ1) is 7.38. The van der Waals surface area contributed by atoms with Crippen molar-refractivity contribution >= 4 is 13.6 Å². The third-order valence-corrected chi connectivity index (χ3v) is 3.18. The molecule has 1 heterocycles. The quantitative estimate of drug-likeness (QED) is 0.541. The summed E-state index contributed by atoms with van der Waals surface area (Å²) in [6, 6.07) is -0.540. The molecule has 1 fully saturated rings. The van der Waals surface area contributed by atoms with Crippen LogP contribution in [0.5, 0.6) is 0 Å². The molecule has 0 aliphatic carbocycles. The van der Waals surface area contributed by atoms with Gasteiger partial charge < -0.3 is 20.2 Å². The number of carboxylic acids is 1. The van der Waals surface area contributed by atoms with E-state index in [2.05, 4.69) is 5.32 Å². The number of carboxylic acid groups (broad SMARTS) is 1. The van der Waals surface area contributed by atoms with Crippen molar-refractivity contribution in [1.82, 2.24) is 5.32 Å². The van der Waals surface area contributed by atoms with Gasteiger partial charge in [0.05, 0.1) is 0 Å². The normalized spacial score (nSPS) is 27.1. The van der Waals surface area contributed by atoms with Gasteiger partial charge in [0.25, 0.3) is 0 Å². The van der Waals surface area contributed by atoms with Crippen molar-refractivity contribution in [2.24, 2.45) is 5.92 Å². The van der Waals surface area contributed by atoms with Crippen molar-refractivity contribution in [1.29, 1.82) is 0 Å². The van der Waals surface area contributed by atoms with Gasteiger partial charge in [-0.3, -0.25) is 9.36 Å². The molecule has 16 heavy (non-hydrogen) atoms. The first-order valence-electron chi connectivity index (χ1n) is 5.07. The molecule has 2 unspecified atom stereocenters. The van der Waals surface area contributed by atoms with Gasteiger partial charge in [-0.2, -0.15) is 0 Å². The van der Waals surface area contributed by atoms with Crippen LogP contribution in [0.25, 0.3) is 0 Å². The van der Waals surface area contributed by atoms with Crippen LogP contribution in [0.4, 0.5) is 0 Å². The monoisotopic (exact) mass is 249 g/mol. The fraction of sp³-hybridized carbons (Fsp3) is 0.667. The van der Waals surface area contributed by atoms with E-state index >= 15 is 0 Å². The zero-order valence-corrected chi connectivity index (χ0v) is 9.64. The smallest absolute Gasteiger partial charge is 0.348 e. The Hall–Kier alpha value is -0.680. The number of hydrogen-bond donors (Lipinski definition) is 4. The highest BCUT2D eigenvalue weighted by molar-refractivity contribution is 7.55. The Balaban J connectivity index is 2.41. The molecule has 0 saturated carbocycles. The van der Waals surface area contributed by atoms with Gasteiger partial charge in [-0.25, -0.2) is 0 Å². The summed E-state index contributed by atoms with van der Waals surface area (Å²) in [4.78, 5) is 27.9. The third-order valence-electron chi connectivity index (χ3n) is 2.58. The maximum absolute atomic E-state index is 10.7. The summed E-state index contributed by atoms with van der Waals surface area (Å²) in [5.74, 6) is 0.180. The van der Waals surface area contributed by atoms with Gasteiger partial charge in [0.1, 0.15) is 6.04 Å². The first-order valence-corrected chi connectivity index (χ1v) is 6.76. The average molecular weight is 249 g/mol. The highest BCUT2D eigenvalue weighted by Crippen LogP contribution is 2.36. The molecule has 1 rings (SSSR count). The van der Waals surface area contributed by atoms with Gasteiger partial charge in [-0.15, -0.1) is 0 Å². The predicted molar refractivity (Wildman–Crippen MR) is 58.0 cm³/mol. The fourth-order valence-electron chi connectivity index (χ4n) is 1.79. The molecule has 0 radical (unpaired) electrons. The molecule has 6 nitrogen and oxygen atoms in total. The van der Waals surface area contributed by atoms with Crippen LogP contribution in [0.1, 0.15) is 19.3 Å². The molecular formula is C9H16NO5P. The highest BCUT2D eigenvalue weighted by Gasteiger charge is 2.25. The second kappa shape index (κ2) is 5.59. The minimum absolute atomic E-state index is 0.171. The van der Waals surface area contributed by atoms with Crippen LogP contribution in [0.3, 0.4) is 0 Å². The number of carbonyl (C=O) groups is 1. The van der Waals surface area contributed by atoms with E-state index in [0.29, 0.717) is 19.4 Å². The predicted octanol–water partition coefficient (Wildman–Crippen LogP) is 0.521. The molecule has 1 aliphatic rings. The molecule has 92 valence electrons. The number of rotatable bonds is 4. The number of aliphatic carboxylic acids is 1. The minimum Gasteiger partial charge on any atom is -0.480 e. The Kier molecular flexibility index (Phi) is 4.68. The Morgan fingerprint density at radius 3 is 2.75 bits per heavy atom. The van der Waals surface area contributed by atoms with E-state index in [9.17, 15) is 9.36 Å². The first kappa shape index (κ1) is 13.4. The van der Waals surface area contributed by atoms with E-state index < -0.39 is 19.6 Å². The molecule has 0 bridgehead atoms. The van der Waals surface area contributed by atoms with Crippen molar-refractivity contribution in [2.45, 2.75) is 25.3 Å². The third kappa shape index (κ3) is 4.90. The summed E-state index contributed by atoms with van der Waals surface area (Å²) in [6.45, 7) is 0.630. The molecule has 0 aromatic rings. The van der Waals surface area contributed by atoms with Crippen molar-refractivity contribution in [2.75, 3.05) is 6.54 Å². The van der Waals surface area contributed by atoms with Crippen LogP contribution >= 0.6 is 7.60 Å². The van der Waals surface area contributed by atoms with E-state index in [1.54, 1.807) is 0 Å². The lowest BCUT2D eigenvalue weighted by molar-refractivity contribution is -0.140. The van der Waals surface area contributed by atoms with Gasteiger partial charge in [-0.1, -0.05) is 6.08 Å². The summed E-state index contributed by atoms with van der Waals surface area (Å²) in [7, 11) is -4.08. The van der Waals surface area contributed by atoms with E-state index in [0.717, 1.165) is 12.2 Å². The van der Waals surface area contributed by atoms with Crippen LogP contribution in [-0.2, 0) is 9.36 Å². The fourth-order valence-corrected chi connectivity index (χ4v) is 2.19. The van der Waals surface area contributed by atoms with Crippen LogP contribution in [-0.4, -0.2) is 33.4 Å². The van der Waals surface area contributed by atoms with Crippen molar-refractivity contribution in [3.63, 3.8) is 0 Å². The summed E-state index contributed by atoms with van der Waals surface area (Å²) < 4.78 is 10.5. The maximum Gasteiger partial charge on any atom is 0.348 e. The lowest BCUT2D eigenvalue weighted by Crippen LogP contribution is -2.43. The van der Waals surface area contributed by atoms with E-state index in [1.807, 2.05) is 0 Å². The molecule has 1 saturated heterocycles. The van der Waals surface area contributed by atoms with Gasteiger partial charge in [0.15, 0.2) is 0 Å². The molecule has 0 amide bonds. The van der Waals surface area contributed by atoms with Crippen molar-refractivity contribution in [3.8, 4) is 0 Å². The number of nitrogens with one attached hydrogen (secondary N) is 1. The topological polar surface area (TPSA) is 107 Å². The van der Waals surface area contributed by atoms with E-state index in [4.69, 9.17) is 14.9 Å². The zero-order chi connectivity index (χ0) is 12.2. The summed E-state index contributed by atoms with van der Waals surface area (Å²) in [5, 5.41) is 11.7. The number of piperidine rings is 1. The Morgan fingerprint density at radius 2 is 2.19 bits per heavy atom. The zero-order valence-electron chi connectivity index (χ0n) is 8.74. The Bertz CT molecular complexity index is 324. The summed E-state index contributed by atoms with van der Waals surface area (Å²) in [5.41, 5.74) is 0. The largest absolute Gasteiger partial charge is 0.480 e. The van der Waals surface area contributed by atoms with Gasteiger partial charge in [0.2, 0.25) is 0 Å². The van der Waals surface area contributed by atoms with Gasteiger partial charge in [-0.05, 0) is 31.7 Å². The molecule has 0 aromatic carbocycles. The van der Waals surface area contributed by atoms with Crippen LogP contribution in [0.2, 0.25) is 0 Å². The second-order valence-electron chi connectivity index (χ2n) is 3.94. The van der Waals surface area contributed by atoms with Crippen molar-refractivity contribution in [3.05, 3.63) is 11.9 Å². The molecule has 4 N–H and O–H groups in total. The van der Waals surface area contributed by atoms with E-state index in [-0.39, 0.29) is 5.92 Å². The standard InChI is InChI=1S/C9H16NO5P/c11-9(12)8-6-7(3-4-10-8)2-1-5-16(13,14)15/h1,5,7-8,10H,2-4,6H2,(H,11,12)(H2,13,14,15)/b5-1-. The second-order valence-corrected chi connectivity index (χ2v) is 5.42. The van der Waals surface area contributed by atoms with E-state index in [1.165, 1.54) is 6.08 Å². The maximum atomic E-state index is 10.7. The van der Waals surface area contributed by atoms with Crippen LogP contribution in [0.15, 0.2) is 11.9 Å². The molecule has 0 aromatic heterocycles. The number of hydrogen-bond acceptors (Lipinski definition) is 3. The summed E-state index contributed by atoms with van der Waals surface area (Å²) >= 11 is 0. The minimum atomic E-state index is -4.08. The highest BCUT2D eigenvalue weighted by atomic mass is 31.2. The Morgan fingerprint density at radius 1 is 1.50 bits per heavy atom. The molecule has 0 spiro atoms. The average Bonchev–Trinajstić information content (AvgIpc) is 2.16. The van der Waals surface area contributed by atoms with Crippen molar-refractivity contribution < 1.29 is 24.3 Å². The molecule has 7 heteroatoms. The van der Waals surface area contributed by atoms with Crippen LogP contribution in [0, 0.1) is 5.92 Å². The number of allylic oxidation sites excluding steroid dienone is 1. The Labute approximate surface area is 93.5 Å². The lowest BCUT2D eigenvalue weighted by atomic mass is 9.90. The molecule has 2 atom stereocenters.